The maximum atomic E-state index is 12.5. The second kappa shape index (κ2) is 6.20. The predicted octanol–water partition coefficient (Wildman–Crippen LogP) is 3.67. The fourth-order valence-corrected chi connectivity index (χ4v) is 2.58. The van der Waals surface area contributed by atoms with Crippen molar-refractivity contribution in [1.29, 1.82) is 0 Å². The van der Waals surface area contributed by atoms with Gasteiger partial charge >= 0.3 is 5.63 Å². The van der Waals surface area contributed by atoms with E-state index >= 15 is 0 Å². The van der Waals surface area contributed by atoms with Gasteiger partial charge < -0.3 is 14.5 Å². The Morgan fingerprint density at radius 3 is 2.46 bits per heavy atom. The van der Waals surface area contributed by atoms with Gasteiger partial charge in [0.15, 0.2) is 0 Å². The van der Waals surface area contributed by atoms with Crippen LogP contribution in [0.3, 0.4) is 0 Å². The van der Waals surface area contributed by atoms with Crippen LogP contribution in [0.15, 0.2) is 51.7 Å². The van der Waals surface area contributed by atoms with Crippen molar-refractivity contribution < 1.29 is 13.9 Å². The molecule has 0 saturated carbocycles. The summed E-state index contributed by atoms with van der Waals surface area (Å²) in [5, 5.41) is 3.42. The van der Waals surface area contributed by atoms with Crippen molar-refractivity contribution in [3.8, 4) is 5.75 Å². The van der Waals surface area contributed by atoms with Gasteiger partial charge in [-0.15, -0.1) is 0 Å². The average Bonchev–Trinajstić information content (AvgIpc) is 2.57. The summed E-state index contributed by atoms with van der Waals surface area (Å²) in [6.07, 6.45) is 0. The van der Waals surface area contributed by atoms with E-state index in [-0.39, 0.29) is 5.56 Å². The molecule has 0 bridgehead atoms. The largest absolute Gasteiger partial charge is 0.497 e. The number of hydrogen-bond donors (Lipinski definition) is 1. The molecule has 0 aliphatic carbocycles. The number of anilines is 1. The molecule has 0 fully saturated rings. The minimum absolute atomic E-state index is 0.0431. The number of hydrogen-bond acceptors (Lipinski definition) is 4. The lowest BCUT2D eigenvalue weighted by Gasteiger charge is -2.11. The number of para-hydroxylation sites is 1. The summed E-state index contributed by atoms with van der Waals surface area (Å²) in [6, 6.07) is 12.3. The maximum Gasteiger partial charge on any atom is 0.349 e. The van der Waals surface area contributed by atoms with Gasteiger partial charge in [-0.3, -0.25) is 4.79 Å². The number of carbonyl (C=O) groups excluding carboxylic acids is 1. The minimum atomic E-state index is -0.670. The van der Waals surface area contributed by atoms with Crippen LogP contribution in [0.1, 0.15) is 21.5 Å². The van der Waals surface area contributed by atoms with Crippen LogP contribution in [0.25, 0.3) is 11.0 Å². The van der Waals surface area contributed by atoms with Gasteiger partial charge in [0.05, 0.1) is 7.11 Å². The molecule has 1 heterocycles. The SMILES string of the molecule is COc1ccc2oc(=O)c(C(=O)Nc3c(C)cccc3C)cc2c1. The Hall–Kier alpha value is -3.08. The molecule has 0 saturated heterocycles. The van der Waals surface area contributed by atoms with Crippen LogP contribution < -0.4 is 15.7 Å². The molecule has 0 unspecified atom stereocenters. The number of rotatable bonds is 3. The number of ether oxygens (including phenoxy) is 1. The molecule has 1 N–H and O–H groups in total. The number of benzene rings is 2. The Labute approximate surface area is 138 Å². The molecule has 0 aliphatic heterocycles. The molecule has 0 aliphatic rings. The second-order valence-corrected chi connectivity index (χ2v) is 5.57. The maximum absolute atomic E-state index is 12.5. The van der Waals surface area contributed by atoms with E-state index < -0.39 is 11.5 Å². The smallest absolute Gasteiger partial charge is 0.349 e. The number of carbonyl (C=O) groups is 1. The molecule has 0 spiro atoms. The van der Waals surface area contributed by atoms with Crippen molar-refractivity contribution in [1.82, 2.24) is 0 Å². The van der Waals surface area contributed by atoms with Crippen molar-refractivity contribution in [3.05, 3.63) is 69.6 Å². The number of amides is 1. The van der Waals surface area contributed by atoms with Crippen LogP contribution in [0.5, 0.6) is 5.75 Å². The van der Waals surface area contributed by atoms with Crippen molar-refractivity contribution in [2.24, 2.45) is 0 Å². The normalized spacial score (nSPS) is 10.6. The second-order valence-electron chi connectivity index (χ2n) is 5.57. The van der Waals surface area contributed by atoms with Gasteiger partial charge in [0, 0.05) is 11.1 Å². The van der Waals surface area contributed by atoms with Crippen molar-refractivity contribution >= 4 is 22.6 Å². The molecule has 0 radical (unpaired) electrons. The lowest BCUT2D eigenvalue weighted by atomic mass is 10.1. The first-order valence-corrected chi connectivity index (χ1v) is 7.49. The van der Waals surface area contributed by atoms with Crippen molar-refractivity contribution in [2.45, 2.75) is 13.8 Å². The highest BCUT2D eigenvalue weighted by molar-refractivity contribution is 6.06. The quantitative estimate of drug-likeness (QED) is 0.747. The zero-order chi connectivity index (χ0) is 17.3. The lowest BCUT2D eigenvalue weighted by molar-refractivity contribution is 0.102. The zero-order valence-corrected chi connectivity index (χ0v) is 13.7. The minimum Gasteiger partial charge on any atom is -0.497 e. The van der Waals surface area contributed by atoms with E-state index in [0.717, 1.165) is 11.1 Å². The molecule has 122 valence electrons. The molecule has 24 heavy (non-hydrogen) atoms. The summed E-state index contributed by atoms with van der Waals surface area (Å²) in [7, 11) is 1.55. The standard InChI is InChI=1S/C19H17NO4/c1-11-5-4-6-12(2)17(11)20-18(21)15-10-13-9-14(23-3)7-8-16(13)24-19(15)22/h4-10H,1-3H3,(H,20,21). The van der Waals surface area contributed by atoms with Gasteiger partial charge in [0.2, 0.25) is 0 Å². The van der Waals surface area contributed by atoms with Crippen LogP contribution in [0.2, 0.25) is 0 Å². The molecule has 0 atom stereocenters. The summed E-state index contributed by atoms with van der Waals surface area (Å²) in [5.41, 5.74) is 2.25. The van der Waals surface area contributed by atoms with Gasteiger partial charge in [-0.2, -0.15) is 0 Å². The third-order valence-corrected chi connectivity index (χ3v) is 3.90. The molecule has 3 rings (SSSR count). The topological polar surface area (TPSA) is 68.5 Å². The predicted molar refractivity (Wildman–Crippen MR) is 92.9 cm³/mol. The van der Waals surface area contributed by atoms with E-state index in [0.29, 0.717) is 22.4 Å². The molecule has 2 aromatic carbocycles. The monoisotopic (exact) mass is 323 g/mol. The first-order chi connectivity index (χ1) is 11.5. The number of aryl methyl sites for hydroxylation is 2. The fraction of sp³-hybridized carbons (Fsp3) is 0.158. The Bertz CT molecular complexity index is 968. The molecule has 5 heteroatoms. The van der Waals surface area contributed by atoms with Gasteiger partial charge in [0.1, 0.15) is 16.9 Å². The first kappa shape index (κ1) is 15.8. The summed E-state index contributed by atoms with van der Waals surface area (Å²) < 4.78 is 10.4. The van der Waals surface area contributed by atoms with E-state index in [2.05, 4.69) is 5.32 Å². The summed E-state index contributed by atoms with van der Waals surface area (Å²) in [5.74, 6) is 0.128. The van der Waals surface area contributed by atoms with Crippen LogP contribution in [-0.4, -0.2) is 13.0 Å². The lowest BCUT2D eigenvalue weighted by Crippen LogP contribution is -2.21. The van der Waals surface area contributed by atoms with E-state index in [4.69, 9.17) is 9.15 Å². The zero-order valence-electron chi connectivity index (χ0n) is 13.7. The third kappa shape index (κ3) is 2.88. The van der Waals surface area contributed by atoms with Crippen LogP contribution >= 0.6 is 0 Å². The van der Waals surface area contributed by atoms with Crippen molar-refractivity contribution in [2.75, 3.05) is 12.4 Å². The average molecular weight is 323 g/mol. The Kier molecular flexibility index (Phi) is 4.08. The van der Waals surface area contributed by atoms with Crippen LogP contribution in [-0.2, 0) is 0 Å². The molecule has 1 amide bonds. The molecular weight excluding hydrogens is 306 g/mol. The van der Waals surface area contributed by atoms with Crippen LogP contribution in [0, 0.1) is 13.8 Å². The number of fused-ring (bicyclic) bond motifs is 1. The van der Waals surface area contributed by atoms with Crippen LogP contribution in [0.4, 0.5) is 5.69 Å². The summed E-state index contributed by atoms with van der Waals surface area (Å²) >= 11 is 0. The number of methoxy groups -OCH3 is 1. The fourth-order valence-electron chi connectivity index (χ4n) is 2.58. The molecule has 1 aromatic heterocycles. The van der Waals surface area contributed by atoms with Gasteiger partial charge in [0.25, 0.3) is 5.91 Å². The molecule has 3 aromatic rings. The summed E-state index contributed by atoms with van der Waals surface area (Å²) in [4.78, 5) is 24.7. The highest BCUT2D eigenvalue weighted by atomic mass is 16.5. The Morgan fingerprint density at radius 2 is 1.79 bits per heavy atom. The number of nitrogens with one attached hydrogen (secondary N) is 1. The van der Waals surface area contributed by atoms with Gasteiger partial charge in [-0.05, 0) is 49.2 Å². The van der Waals surface area contributed by atoms with Gasteiger partial charge in [-0.25, -0.2) is 4.79 Å². The summed E-state index contributed by atoms with van der Waals surface area (Å²) in [6.45, 7) is 3.80. The molecule has 5 nitrogen and oxygen atoms in total. The van der Waals surface area contributed by atoms with E-state index in [9.17, 15) is 9.59 Å². The molecular formula is C19H17NO4. The Balaban J connectivity index is 2.03. The van der Waals surface area contributed by atoms with Crippen molar-refractivity contribution in [3.63, 3.8) is 0 Å². The highest BCUT2D eigenvalue weighted by Gasteiger charge is 2.16. The Morgan fingerprint density at radius 1 is 1.08 bits per heavy atom. The first-order valence-electron chi connectivity index (χ1n) is 7.49. The highest BCUT2D eigenvalue weighted by Crippen LogP contribution is 2.22. The van der Waals surface area contributed by atoms with E-state index in [1.54, 1.807) is 25.3 Å². The van der Waals surface area contributed by atoms with E-state index in [1.165, 1.54) is 6.07 Å². The van der Waals surface area contributed by atoms with E-state index in [1.807, 2.05) is 32.0 Å². The van der Waals surface area contributed by atoms with Gasteiger partial charge in [-0.1, -0.05) is 18.2 Å². The third-order valence-electron chi connectivity index (χ3n) is 3.90.